The Hall–Kier alpha value is -2.25. The second-order valence-corrected chi connectivity index (χ2v) is 9.30. The standard InChI is InChI=1S/C25H22S/c1-25(2,3)17-12-13-23-16(14-17)15-22-20-10-5-4-8-18(20)19-9-6-7-11-21(19)24(22)26-23/h4-14H,15H2,1-3H3. The van der Waals surface area contributed by atoms with E-state index in [0.29, 0.717) is 0 Å². The highest BCUT2D eigenvalue weighted by Gasteiger charge is 2.23. The predicted molar refractivity (Wildman–Crippen MR) is 114 cm³/mol. The number of rotatable bonds is 0. The molecule has 0 aromatic heterocycles. The lowest BCUT2D eigenvalue weighted by atomic mass is 9.85. The largest absolute Gasteiger partial charge is 0.0888 e. The monoisotopic (exact) mass is 354 g/mol. The molecule has 0 nitrogen and oxygen atoms in total. The molecule has 0 saturated carbocycles. The lowest BCUT2D eigenvalue weighted by Gasteiger charge is -2.26. The molecule has 0 spiro atoms. The second-order valence-electron chi connectivity index (χ2n) is 8.25. The van der Waals surface area contributed by atoms with Crippen molar-refractivity contribution in [3.63, 3.8) is 0 Å². The average Bonchev–Trinajstić information content (AvgIpc) is 2.66. The predicted octanol–water partition coefficient (Wildman–Crippen LogP) is 7.35. The Kier molecular flexibility index (Phi) is 3.45. The molecule has 0 atom stereocenters. The van der Waals surface area contributed by atoms with E-state index in [2.05, 4.69) is 87.5 Å². The highest BCUT2D eigenvalue weighted by molar-refractivity contribution is 7.99. The zero-order valence-electron chi connectivity index (χ0n) is 15.5. The molecule has 0 radical (unpaired) electrons. The van der Waals surface area contributed by atoms with Crippen molar-refractivity contribution in [2.45, 2.75) is 42.4 Å². The number of hydrogen-bond acceptors (Lipinski definition) is 1. The Morgan fingerprint density at radius 1 is 0.731 bits per heavy atom. The normalized spacial score (nSPS) is 13.7. The van der Waals surface area contributed by atoms with Gasteiger partial charge in [-0.1, -0.05) is 93.2 Å². The third-order valence-corrected chi connectivity index (χ3v) is 6.78. The van der Waals surface area contributed by atoms with E-state index in [0.717, 1.165) is 6.42 Å². The summed E-state index contributed by atoms with van der Waals surface area (Å²) in [6.45, 7) is 6.88. The number of benzene rings is 4. The first-order chi connectivity index (χ1) is 12.5. The van der Waals surface area contributed by atoms with Crippen LogP contribution in [0.5, 0.6) is 0 Å². The lowest BCUT2D eigenvalue weighted by molar-refractivity contribution is 0.588. The molecule has 0 unspecified atom stereocenters. The van der Waals surface area contributed by atoms with Crippen molar-refractivity contribution in [2.75, 3.05) is 0 Å². The summed E-state index contributed by atoms with van der Waals surface area (Å²) in [5, 5.41) is 5.53. The lowest BCUT2D eigenvalue weighted by Crippen LogP contribution is -2.12. The van der Waals surface area contributed by atoms with Crippen LogP contribution in [0, 0.1) is 0 Å². The first-order valence-corrected chi connectivity index (χ1v) is 10.1. The van der Waals surface area contributed by atoms with E-state index in [-0.39, 0.29) is 5.41 Å². The van der Waals surface area contributed by atoms with Gasteiger partial charge in [-0.3, -0.25) is 0 Å². The van der Waals surface area contributed by atoms with Crippen molar-refractivity contribution in [1.29, 1.82) is 0 Å². The van der Waals surface area contributed by atoms with Gasteiger partial charge in [0.2, 0.25) is 0 Å². The highest BCUT2D eigenvalue weighted by atomic mass is 32.2. The molecule has 0 fully saturated rings. The van der Waals surface area contributed by atoms with Crippen LogP contribution in [0.25, 0.3) is 21.5 Å². The Labute approximate surface area is 159 Å². The van der Waals surface area contributed by atoms with Crippen LogP contribution in [0.15, 0.2) is 76.5 Å². The number of fused-ring (bicyclic) bond motifs is 7. The minimum Gasteiger partial charge on any atom is -0.0888 e. The van der Waals surface area contributed by atoms with E-state index in [9.17, 15) is 0 Å². The van der Waals surface area contributed by atoms with Crippen molar-refractivity contribution in [3.8, 4) is 0 Å². The molecule has 1 heteroatoms. The molecule has 0 saturated heterocycles. The second kappa shape index (κ2) is 5.62. The minimum absolute atomic E-state index is 0.186. The fourth-order valence-electron chi connectivity index (χ4n) is 4.06. The van der Waals surface area contributed by atoms with Gasteiger partial charge < -0.3 is 0 Å². The Balaban J connectivity index is 1.79. The molecule has 4 aromatic rings. The van der Waals surface area contributed by atoms with Crippen molar-refractivity contribution in [3.05, 3.63) is 83.4 Å². The van der Waals surface area contributed by atoms with Gasteiger partial charge in [-0.15, -0.1) is 0 Å². The summed E-state index contributed by atoms with van der Waals surface area (Å²) in [5.41, 5.74) is 4.56. The summed E-state index contributed by atoms with van der Waals surface area (Å²) in [5.74, 6) is 0. The van der Waals surface area contributed by atoms with Gasteiger partial charge in [0.1, 0.15) is 0 Å². The van der Waals surface area contributed by atoms with Crippen LogP contribution in [0.3, 0.4) is 0 Å². The molecule has 0 N–H and O–H groups in total. The van der Waals surface area contributed by atoms with Crippen molar-refractivity contribution >= 4 is 33.3 Å². The SMILES string of the molecule is CC(C)(C)c1ccc2c(c1)Cc1c(c3ccccc3c3ccccc13)S2. The summed E-state index contributed by atoms with van der Waals surface area (Å²) in [6.07, 6.45) is 1.02. The van der Waals surface area contributed by atoms with Gasteiger partial charge in [-0.05, 0) is 49.7 Å². The topological polar surface area (TPSA) is 0 Å². The van der Waals surface area contributed by atoms with Gasteiger partial charge in [0.15, 0.2) is 0 Å². The quantitative estimate of drug-likeness (QED) is 0.262. The van der Waals surface area contributed by atoms with Gasteiger partial charge >= 0.3 is 0 Å². The molecule has 128 valence electrons. The van der Waals surface area contributed by atoms with Crippen LogP contribution in [-0.4, -0.2) is 0 Å². The van der Waals surface area contributed by atoms with Crippen LogP contribution in [0.1, 0.15) is 37.5 Å². The van der Waals surface area contributed by atoms with E-state index in [1.165, 1.54) is 48.0 Å². The maximum atomic E-state index is 2.43. The van der Waals surface area contributed by atoms with Crippen LogP contribution in [0.4, 0.5) is 0 Å². The zero-order chi connectivity index (χ0) is 17.9. The molecule has 0 amide bonds. The molecule has 0 aliphatic carbocycles. The molecule has 1 heterocycles. The van der Waals surface area contributed by atoms with E-state index >= 15 is 0 Å². The molecular weight excluding hydrogens is 332 g/mol. The molecule has 1 aliphatic rings. The summed E-state index contributed by atoms with van der Waals surface area (Å²) in [4.78, 5) is 2.85. The Morgan fingerprint density at radius 2 is 1.35 bits per heavy atom. The van der Waals surface area contributed by atoms with Crippen LogP contribution >= 0.6 is 11.8 Å². The number of hydrogen-bond donors (Lipinski definition) is 0. The van der Waals surface area contributed by atoms with Crippen LogP contribution < -0.4 is 0 Å². The summed E-state index contributed by atoms with van der Waals surface area (Å²) >= 11 is 1.95. The van der Waals surface area contributed by atoms with Gasteiger partial charge in [0.25, 0.3) is 0 Å². The van der Waals surface area contributed by atoms with E-state index in [1.807, 2.05) is 11.8 Å². The molecule has 4 aromatic carbocycles. The molecule has 1 aliphatic heterocycles. The van der Waals surface area contributed by atoms with Gasteiger partial charge in [0.05, 0.1) is 0 Å². The van der Waals surface area contributed by atoms with Crippen molar-refractivity contribution in [1.82, 2.24) is 0 Å². The Bertz CT molecular complexity index is 1160. The first kappa shape index (κ1) is 16.0. The smallest absolute Gasteiger partial charge is 0.0242 e. The first-order valence-electron chi connectivity index (χ1n) is 9.26. The van der Waals surface area contributed by atoms with Gasteiger partial charge in [0, 0.05) is 16.2 Å². The third kappa shape index (κ3) is 2.38. The van der Waals surface area contributed by atoms with E-state index in [4.69, 9.17) is 0 Å². The fraction of sp³-hybridized carbons (Fsp3) is 0.200. The van der Waals surface area contributed by atoms with E-state index < -0.39 is 0 Å². The van der Waals surface area contributed by atoms with Crippen LogP contribution in [0.2, 0.25) is 0 Å². The summed E-state index contributed by atoms with van der Waals surface area (Å²) < 4.78 is 0. The summed E-state index contributed by atoms with van der Waals surface area (Å²) in [7, 11) is 0. The maximum absolute atomic E-state index is 2.43. The van der Waals surface area contributed by atoms with Gasteiger partial charge in [-0.2, -0.15) is 0 Å². The van der Waals surface area contributed by atoms with Crippen molar-refractivity contribution < 1.29 is 0 Å². The van der Waals surface area contributed by atoms with Crippen LogP contribution in [-0.2, 0) is 11.8 Å². The van der Waals surface area contributed by atoms with Crippen molar-refractivity contribution in [2.24, 2.45) is 0 Å². The highest BCUT2D eigenvalue weighted by Crippen LogP contribution is 2.47. The molecule has 0 bridgehead atoms. The van der Waals surface area contributed by atoms with E-state index in [1.54, 1.807) is 0 Å². The maximum Gasteiger partial charge on any atom is 0.0242 e. The summed E-state index contributed by atoms with van der Waals surface area (Å²) in [6, 6.07) is 24.8. The minimum atomic E-state index is 0.186. The zero-order valence-corrected chi connectivity index (χ0v) is 16.3. The molecule has 5 rings (SSSR count). The van der Waals surface area contributed by atoms with Gasteiger partial charge in [-0.25, -0.2) is 0 Å². The molecular formula is C25H22S. The molecule has 26 heavy (non-hydrogen) atoms. The Morgan fingerprint density at radius 3 is 2.04 bits per heavy atom. The average molecular weight is 355 g/mol. The third-order valence-electron chi connectivity index (χ3n) is 5.49. The fourth-order valence-corrected chi connectivity index (χ4v) is 5.27.